The number of alkyl carbamates (subject to hydrolysis) is 1. The first-order valence-electron chi connectivity index (χ1n) is 10.6. The van der Waals surface area contributed by atoms with Crippen LogP contribution in [0.4, 0.5) is 22.0 Å². The van der Waals surface area contributed by atoms with Gasteiger partial charge >= 0.3 is 6.09 Å². The van der Waals surface area contributed by atoms with E-state index in [9.17, 15) is 9.59 Å². The molecule has 2 aromatic rings. The van der Waals surface area contributed by atoms with Crippen molar-refractivity contribution in [2.24, 2.45) is 0 Å². The van der Waals surface area contributed by atoms with Crippen LogP contribution in [0.1, 0.15) is 56.7 Å². The van der Waals surface area contributed by atoms with Crippen LogP contribution in [0.15, 0.2) is 24.3 Å². The summed E-state index contributed by atoms with van der Waals surface area (Å²) in [7, 11) is 1.82. The Balaban J connectivity index is 1.36. The molecule has 2 aliphatic rings. The first-order chi connectivity index (χ1) is 14.4. The van der Waals surface area contributed by atoms with Crippen molar-refractivity contribution >= 4 is 29.2 Å². The van der Waals surface area contributed by atoms with Gasteiger partial charge in [-0.3, -0.25) is 9.89 Å². The van der Waals surface area contributed by atoms with Gasteiger partial charge in [0.1, 0.15) is 6.10 Å². The van der Waals surface area contributed by atoms with E-state index in [1.807, 2.05) is 39.1 Å². The third-order valence-electron chi connectivity index (χ3n) is 5.80. The number of nitrogens with zero attached hydrogens (tertiary/aromatic N) is 2. The molecular formula is C22H29N5O3. The highest BCUT2D eigenvalue weighted by Gasteiger charge is 2.30. The third-order valence-corrected chi connectivity index (χ3v) is 5.80. The number of hydrogen-bond donors (Lipinski definition) is 3. The molecule has 1 saturated carbocycles. The van der Waals surface area contributed by atoms with E-state index in [0.717, 1.165) is 54.1 Å². The number of carbonyl (C=O) groups excluding carboxylic acids is 2. The van der Waals surface area contributed by atoms with Crippen LogP contribution in [0.2, 0.25) is 0 Å². The van der Waals surface area contributed by atoms with Crippen LogP contribution in [-0.4, -0.2) is 41.4 Å². The van der Waals surface area contributed by atoms with Crippen molar-refractivity contribution in [3.8, 4) is 0 Å². The Labute approximate surface area is 176 Å². The Kier molecular flexibility index (Phi) is 5.65. The van der Waals surface area contributed by atoms with Crippen LogP contribution >= 0.6 is 0 Å². The fourth-order valence-corrected chi connectivity index (χ4v) is 4.24. The van der Waals surface area contributed by atoms with Gasteiger partial charge in [0.25, 0.3) is 0 Å². The number of nitrogens with one attached hydrogen (secondary N) is 3. The van der Waals surface area contributed by atoms with Gasteiger partial charge in [0.15, 0.2) is 5.82 Å². The van der Waals surface area contributed by atoms with Gasteiger partial charge in [0, 0.05) is 48.6 Å². The van der Waals surface area contributed by atoms with E-state index in [2.05, 4.69) is 26.9 Å². The SMILES string of the molecule is CC(C)NC(=O)OC1CC[C@H](c2cc(Nc3ccc4c(c3)CCC(=O)N4C)n[nH]2)C1. The monoisotopic (exact) mass is 411 g/mol. The van der Waals surface area contributed by atoms with Crippen molar-refractivity contribution in [2.45, 2.75) is 64.0 Å². The van der Waals surface area contributed by atoms with Crippen LogP contribution in [0.25, 0.3) is 0 Å². The number of aryl methyl sites for hydroxylation is 1. The molecule has 1 unspecified atom stereocenters. The lowest BCUT2D eigenvalue weighted by molar-refractivity contribution is -0.118. The molecule has 2 atom stereocenters. The number of H-pyrrole nitrogens is 1. The summed E-state index contributed by atoms with van der Waals surface area (Å²) in [6.07, 6.45) is 3.51. The molecular weight excluding hydrogens is 382 g/mol. The lowest BCUT2D eigenvalue weighted by atomic mass is 10.0. The van der Waals surface area contributed by atoms with E-state index in [1.54, 1.807) is 4.90 Å². The Hall–Kier alpha value is -3.03. The van der Waals surface area contributed by atoms with Gasteiger partial charge in [-0.25, -0.2) is 4.79 Å². The Morgan fingerprint density at radius 1 is 1.27 bits per heavy atom. The van der Waals surface area contributed by atoms with E-state index >= 15 is 0 Å². The maximum atomic E-state index is 11.9. The number of aromatic amines is 1. The molecule has 3 N–H and O–H groups in total. The van der Waals surface area contributed by atoms with Gasteiger partial charge in [0.2, 0.25) is 5.91 Å². The standard InChI is InChI=1S/C22H29N5O3/c1-13(2)23-22(29)30-17-7-4-14(11-17)18-12-20(26-25-18)24-16-6-8-19-15(10-16)5-9-21(28)27(19)3/h6,8,10,12-14,17H,4-5,7,9,11H2,1-3H3,(H,23,29)(H2,24,25,26)/t14-,17?/m0/s1. The molecule has 0 bridgehead atoms. The quantitative estimate of drug-likeness (QED) is 0.694. The second kappa shape index (κ2) is 8.38. The highest BCUT2D eigenvalue weighted by atomic mass is 16.6. The molecule has 1 fully saturated rings. The van der Waals surface area contributed by atoms with Gasteiger partial charge in [0.05, 0.1) is 0 Å². The normalized spacial score (nSPS) is 20.9. The Morgan fingerprint density at radius 2 is 2.10 bits per heavy atom. The molecule has 2 amide bonds. The molecule has 1 aliphatic heterocycles. The number of benzene rings is 1. The average Bonchev–Trinajstić information content (AvgIpc) is 3.33. The number of anilines is 3. The second-order valence-corrected chi connectivity index (χ2v) is 8.47. The summed E-state index contributed by atoms with van der Waals surface area (Å²) in [6.45, 7) is 3.83. The zero-order valence-electron chi connectivity index (χ0n) is 17.7. The van der Waals surface area contributed by atoms with Crippen LogP contribution < -0.4 is 15.5 Å². The predicted octanol–water partition coefficient (Wildman–Crippen LogP) is 3.83. The number of aromatic nitrogens is 2. The first kappa shape index (κ1) is 20.3. The van der Waals surface area contributed by atoms with Gasteiger partial charge in [-0.05, 0) is 63.3 Å². The number of hydrogen-bond acceptors (Lipinski definition) is 5. The third kappa shape index (κ3) is 4.42. The summed E-state index contributed by atoms with van der Waals surface area (Å²) in [4.78, 5) is 25.4. The van der Waals surface area contributed by atoms with Crippen LogP contribution in [-0.2, 0) is 16.0 Å². The van der Waals surface area contributed by atoms with Gasteiger partial charge in [-0.1, -0.05) is 0 Å². The highest BCUT2D eigenvalue weighted by Crippen LogP contribution is 2.36. The van der Waals surface area contributed by atoms with Crippen LogP contribution in [0.3, 0.4) is 0 Å². The number of ether oxygens (including phenoxy) is 1. The lowest BCUT2D eigenvalue weighted by Crippen LogP contribution is -2.33. The van der Waals surface area contributed by atoms with E-state index in [0.29, 0.717) is 12.3 Å². The molecule has 1 aromatic carbocycles. The number of fused-ring (bicyclic) bond motifs is 1. The minimum Gasteiger partial charge on any atom is -0.446 e. The van der Waals surface area contributed by atoms with Crippen molar-refractivity contribution in [2.75, 3.05) is 17.3 Å². The molecule has 8 nitrogen and oxygen atoms in total. The fraction of sp³-hybridized carbons (Fsp3) is 0.500. The lowest BCUT2D eigenvalue weighted by Gasteiger charge is -2.26. The molecule has 0 radical (unpaired) electrons. The van der Waals surface area contributed by atoms with Crippen LogP contribution in [0.5, 0.6) is 0 Å². The van der Waals surface area contributed by atoms with Gasteiger partial charge in [-0.2, -0.15) is 5.10 Å². The van der Waals surface area contributed by atoms with E-state index in [1.165, 1.54) is 0 Å². The molecule has 8 heteroatoms. The van der Waals surface area contributed by atoms with E-state index in [4.69, 9.17) is 4.74 Å². The number of rotatable bonds is 5. The molecule has 160 valence electrons. The largest absolute Gasteiger partial charge is 0.446 e. The zero-order chi connectivity index (χ0) is 21.3. The molecule has 1 aliphatic carbocycles. The summed E-state index contributed by atoms with van der Waals surface area (Å²) in [5.41, 5.74) is 4.13. The molecule has 30 heavy (non-hydrogen) atoms. The topological polar surface area (TPSA) is 99.3 Å². The zero-order valence-corrected chi connectivity index (χ0v) is 17.7. The summed E-state index contributed by atoms with van der Waals surface area (Å²) in [6, 6.07) is 8.12. The molecule has 2 heterocycles. The van der Waals surface area contributed by atoms with Crippen LogP contribution in [0, 0.1) is 0 Å². The highest BCUT2D eigenvalue weighted by molar-refractivity contribution is 5.96. The van der Waals surface area contributed by atoms with E-state index in [-0.39, 0.29) is 24.1 Å². The van der Waals surface area contributed by atoms with Crippen molar-refractivity contribution in [3.63, 3.8) is 0 Å². The Bertz CT molecular complexity index is 939. The minimum atomic E-state index is -0.345. The maximum absolute atomic E-state index is 11.9. The molecule has 4 rings (SSSR count). The number of amides is 2. The molecule has 1 aromatic heterocycles. The average molecular weight is 412 g/mol. The Morgan fingerprint density at radius 3 is 2.90 bits per heavy atom. The molecule has 0 saturated heterocycles. The maximum Gasteiger partial charge on any atom is 0.407 e. The van der Waals surface area contributed by atoms with Gasteiger partial charge < -0.3 is 20.3 Å². The van der Waals surface area contributed by atoms with Gasteiger partial charge in [-0.15, -0.1) is 0 Å². The van der Waals surface area contributed by atoms with Crippen molar-refractivity contribution in [1.82, 2.24) is 15.5 Å². The second-order valence-electron chi connectivity index (χ2n) is 8.47. The summed E-state index contributed by atoms with van der Waals surface area (Å²) in [5.74, 6) is 1.21. The van der Waals surface area contributed by atoms with Crippen molar-refractivity contribution in [1.29, 1.82) is 0 Å². The first-order valence-corrected chi connectivity index (χ1v) is 10.6. The van der Waals surface area contributed by atoms with E-state index < -0.39 is 0 Å². The molecule has 0 spiro atoms. The minimum absolute atomic E-state index is 0.0613. The summed E-state index contributed by atoms with van der Waals surface area (Å²) in [5, 5.41) is 13.6. The smallest absolute Gasteiger partial charge is 0.407 e. The summed E-state index contributed by atoms with van der Waals surface area (Å²) >= 11 is 0. The number of carbonyl (C=O) groups is 2. The fourth-order valence-electron chi connectivity index (χ4n) is 4.24. The predicted molar refractivity (Wildman–Crippen MR) is 115 cm³/mol. The van der Waals surface area contributed by atoms with Crippen molar-refractivity contribution in [3.05, 3.63) is 35.5 Å². The summed E-state index contributed by atoms with van der Waals surface area (Å²) < 4.78 is 5.52. The van der Waals surface area contributed by atoms with Crippen molar-refractivity contribution < 1.29 is 14.3 Å².